The van der Waals surface area contributed by atoms with Gasteiger partial charge < -0.3 is 24.6 Å². The lowest BCUT2D eigenvalue weighted by atomic mass is 9.58. The van der Waals surface area contributed by atoms with E-state index in [9.17, 15) is 29.7 Å². The number of aliphatic hydroxyl groups excluding tert-OH is 1. The lowest BCUT2D eigenvalue weighted by Crippen LogP contribution is -2.59. The molecule has 3 N–H and O–H groups in total. The molecule has 0 radical (unpaired) electrons. The number of Topliss-reactive ketones (excluding diaryl/α,β-unsaturated/α-hetero) is 2. The second kappa shape index (κ2) is 9.28. The average molecular weight is 593 g/mol. The number of aromatic hydroxyl groups is 1. The minimum Gasteiger partial charge on any atom is -0.508 e. The smallest absolute Gasteiger partial charge is 0.263 e. The van der Waals surface area contributed by atoms with Crippen LogP contribution < -0.4 is 4.74 Å². The number of unbranched alkanes of at least 4 members (excludes halogenated alkanes) is 1. The van der Waals surface area contributed by atoms with E-state index in [1.54, 1.807) is 19.0 Å². The van der Waals surface area contributed by atoms with Gasteiger partial charge in [0.15, 0.2) is 23.4 Å². The Morgan fingerprint density at radius 2 is 2.00 bits per heavy atom. The molecule has 1 aromatic carbocycles. The van der Waals surface area contributed by atoms with Crippen molar-refractivity contribution in [2.24, 2.45) is 11.8 Å². The Bertz CT molecular complexity index is 1420. The normalized spacial score (nSPS) is 26.1. The molecule has 0 saturated heterocycles. The molecule has 38 heavy (non-hydrogen) atoms. The average Bonchev–Trinajstić information content (AvgIpc) is 3.24. The summed E-state index contributed by atoms with van der Waals surface area (Å²) in [7, 11) is 3.32. The second-order valence-corrected chi connectivity index (χ2v) is 10.9. The number of aliphatic hydroxyl groups is 2. The number of carbonyl (C=O) groups is 3. The minimum absolute atomic E-state index is 0.00544. The standard InChI is InChI=1S/C26H26BrFN2O8/c1-4-5-6-37-21-15-11(18(28)12(9-31)17(21)27)7-10-8-13-19(30(2)3)22-16(25(35)29-38-22)24(34)26(13,36)23(33)14(10)20(15)32/h9-10,13,19,33,36H,4-8H2,1-3H3,(H,29,35)/t10-,13-,19-,26-/m0/s1. The highest BCUT2D eigenvalue weighted by Gasteiger charge is 2.63. The van der Waals surface area contributed by atoms with Gasteiger partial charge in [-0.2, -0.15) is 0 Å². The van der Waals surface area contributed by atoms with Crippen LogP contribution in [0, 0.1) is 17.7 Å². The Morgan fingerprint density at radius 3 is 2.63 bits per heavy atom. The van der Waals surface area contributed by atoms with Gasteiger partial charge in [0.1, 0.15) is 22.9 Å². The summed E-state index contributed by atoms with van der Waals surface area (Å²) in [6.45, 7) is 2.13. The number of hydrogen-bond acceptors (Lipinski definition) is 10. The van der Waals surface area contributed by atoms with Crippen molar-refractivity contribution in [2.75, 3.05) is 20.7 Å². The van der Waals surface area contributed by atoms with Crippen LogP contribution in [0.4, 0.5) is 4.39 Å². The number of rotatable bonds is 6. The van der Waals surface area contributed by atoms with E-state index in [2.05, 4.69) is 21.1 Å². The third-order valence-corrected chi connectivity index (χ3v) is 8.62. The number of fused-ring (bicyclic) bond motifs is 4. The molecule has 0 saturated carbocycles. The lowest BCUT2D eigenvalue weighted by Gasteiger charge is -2.49. The molecule has 202 valence electrons. The molecule has 3 aliphatic rings. The van der Waals surface area contributed by atoms with Crippen molar-refractivity contribution in [1.82, 2.24) is 10.1 Å². The molecule has 12 heteroatoms. The molecule has 0 spiro atoms. The van der Waals surface area contributed by atoms with Crippen LogP contribution in [0.3, 0.4) is 0 Å². The number of ether oxygens (including phenoxy) is 1. The zero-order chi connectivity index (χ0) is 27.7. The highest BCUT2D eigenvalue weighted by molar-refractivity contribution is 9.10. The van der Waals surface area contributed by atoms with Gasteiger partial charge in [-0.05, 0) is 60.4 Å². The molecular formula is C26H26BrFN2O8. The maximum atomic E-state index is 15.6. The Labute approximate surface area is 225 Å². The molecule has 3 aliphatic carbocycles. The highest BCUT2D eigenvalue weighted by Crippen LogP contribution is 2.57. The molecule has 0 bridgehead atoms. The van der Waals surface area contributed by atoms with E-state index in [0.717, 1.165) is 6.42 Å². The van der Waals surface area contributed by atoms with Crippen LogP contribution in [0.2, 0.25) is 0 Å². The van der Waals surface area contributed by atoms with Gasteiger partial charge >= 0.3 is 0 Å². The van der Waals surface area contributed by atoms with E-state index in [1.807, 2.05) is 6.92 Å². The van der Waals surface area contributed by atoms with Gasteiger partial charge in [0, 0.05) is 17.1 Å². The monoisotopic (exact) mass is 592 g/mol. The summed E-state index contributed by atoms with van der Waals surface area (Å²) < 4.78 is 26.6. The van der Waals surface area contributed by atoms with Gasteiger partial charge in [-0.3, -0.25) is 19.3 Å². The number of aldehydes is 1. The number of carbonyl (C=O) groups excluding carboxylic acids is 3. The summed E-state index contributed by atoms with van der Waals surface area (Å²) in [6.07, 6.45) is 1.67. The van der Waals surface area contributed by atoms with Crippen LogP contribution in [0.25, 0.3) is 0 Å². The molecule has 10 nitrogen and oxygen atoms in total. The van der Waals surface area contributed by atoms with Crippen molar-refractivity contribution >= 4 is 33.8 Å². The third kappa shape index (κ3) is 3.43. The summed E-state index contributed by atoms with van der Waals surface area (Å²) in [5.41, 5.74) is -3.65. The van der Waals surface area contributed by atoms with Crippen LogP contribution in [0.5, 0.6) is 11.6 Å². The van der Waals surface area contributed by atoms with Gasteiger partial charge in [-0.15, -0.1) is 0 Å². The summed E-state index contributed by atoms with van der Waals surface area (Å²) >= 11 is 3.19. The van der Waals surface area contributed by atoms with E-state index in [0.29, 0.717) is 12.7 Å². The van der Waals surface area contributed by atoms with E-state index in [-0.39, 0.29) is 63.3 Å². The number of halogens is 2. The Hall–Kier alpha value is -3.09. The number of ketones is 2. The maximum Gasteiger partial charge on any atom is 0.263 e. The van der Waals surface area contributed by atoms with E-state index in [4.69, 9.17) is 9.26 Å². The van der Waals surface area contributed by atoms with E-state index < -0.39 is 52.5 Å². The van der Waals surface area contributed by atoms with Gasteiger partial charge in [0.05, 0.1) is 28.2 Å². The summed E-state index contributed by atoms with van der Waals surface area (Å²) in [6, 6.07) is -0.811. The number of nitrogens with zero attached hydrogens (tertiary/aromatic N) is 2. The minimum atomic E-state index is -2.56. The van der Waals surface area contributed by atoms with Gasteiger partial charge in [0.25, 0.3) is 5.88 Å². The van der Waals surface area contributed by atoms with Crippen molar-refractivity contribution in [3.05, 3.63) is 49.6 Å². The second-order valence-electron chi connectivity index (χ2n) is 10.1. The maximum absolute atomic E-state index is 15.6. The Morgan fingerprint density at radius 1 is 1.29 bits per heavy atom. The van der Waals surface area contributed by atoms with Gasteiger partial charge in [-0.1, -0.05) is 13.3 Å². The van der Waals surface area contributed by atoms with Crippen LogP contribution in [0.1, 0.15) is 74.6 Å². The largest absolute Gasteiger partial charge is 0.508 e. The molecule has 0 fully saturated rings. The van der Waals surface area contributed by atoms with Crippen molar-refractivity contribution in [1.29, 1.82) is 0 Å². The number of hydrogen-bond donors (Lipinski definition) is 3. The van der Waals surface area contributed by atoms with Crippen LogP contribution in [-0.2, 0) is 6.42 Å². The Kier molecular flexibility index (Phi) is 6.48. The fourth-order valence-corrected chi connectivity index (χ4v) is 6.65. The zero-order valence-electron chi connectivity index (χ0n) is 20.9. The SMILES string of the molecule is CCCCOc1c(Br)c(C=O)c(F)c2c1C(=O)C1=C(O)[C@]3(O)C(=O)c4c(O)noc4[C@@H](N(C)C)[C@@H]3C[C@@H]1C2. The molecule has 5 rings (SSSR count). The summed E-state index contributed by atoms with van der Waals surface area (Å²) in [5, 5.41) is 36.9. The third-order valence-electron chi connectivity index (χ3n) is 7.83. The molecule has 1 aromatic heterocycles. The summed E-state index contributed by atoms with van der Waals surface area (Å²) in [5.74, 6) is -6.12. The van der Waals surface area contributed by atoms with Crippen molar-refractivity contribution in [3.8, 4) is 11.6 Å². The van der Waals surface area contributed by atoms with E-state index >= 15 is 4.39 Å². The number of benzene rings is 1. The zero-order valence-corrected chi connectivity index (χ0v) is 22.5. The summed E-state index contributed by atoms with van der Waals surface area (Å²) in [4.78, 5) is 40.9. The fraction of sp³-hybridized carbons (Fsp3) is 0.462. The molecule has 1 heterocycles. The quantitative estimate of drug-likeness (QED) is 0.334. The lowest BCUT2D eigenvalue weighted by molar-refractivity contribution is -0.0559. The first kappa shape index (κ1) is 26.5. The first-order valence-corrected chi connectivity index (χ1v) is 13.0. The van der Waals surface area contributed by atoms with Gasteiger partial charge in [-0.25, -0.2) is 4.39 Å². The van der Waals surface area contributed by atoms with Gasteiger partial charge in [0.2, 0.25) is 5.78 Å². The van der Waals surface area contributed by atoms with Crippen LogP contribution in [-0.4, -0.2) is 69.5 Å². The topological polar surface area (TPSA) is 150 Å². The highest BCUT2D eigenvalue weighted by atomic mass is 79.9. The molecule has 0 unspecified atom stereocenters. The molecule has 0 amide bonds. The first-order valence-electron chi connectivity index (χ1n) is 12.2. The predicted octanol–water partition coefficient (Wildman–Crippen LogP) is 3.69. The molecule has 0 aliphatic heterocycles. The fourth-order valence-electron chi connectivity index (χ4n) is 6.07. The molecule has 2 aromatic rings. The van der Waals surface area contributed by atoms with Crippen molar-refractivity contribution in [2.45, 2.75) is 44.2 Å². The Balaban J connectivity index is 1.73. The predicted molar refractivity (Wildman–Crippen MR) is 133 cm³/mol. The van der Waals surface area contributed by atoms with E-state index in [1.165, 1.54) is 0 Å². The van der Waals surface area contributed by atoms with Crippen LogP contribution in [0.15, 0.2) is 20.3 Å². The van der Waals surface area contributed by atoms with Crippen molar-refractivity contribution < 1.29 is 43.4 Å². The molecular weight excluding hydrogens is 567 g/mol. The van der Waals surface area contributed by atoms with Crippen molar-refractivity contribution in [3.63, 3.8) is 0 Å². The number of allylic oxidation sites excluding steroid dienone is 1. The molecule has 4 atom stereocenters. The number of aromatic nitrogens is 1. The first-order chi connectivity index (χ1) is 18.0. The van der Waals surface area contributed by atoms with Crippen LogP contribution >= 0.6 is 15.9 Å².